The van der Waals surface area contributed by atoms with Crippen LogP contribution in [0.25, 0.3) is 0 Å². The zero-order chi connectivity index (χ0) is 19.9. The van der Waals surface area contributed by atoms with Crippen molar-refractivity contribution < 1.29 is 34.4 Å². The molecular weight excluding hydrogens is 342 g/mol. The van der Waals surface area contributed by atoms with Crippen molar-refractivity contribution >= 4 is 18.0 Å². The summed E-state index contributed by atoms with van der Waals surface area (Å²) in [7, 11) is 0. The number of carboxylic acids is 2. The van der Waals surface area contributed by atoms with E-state index in [4.69, 9.17) is 4.74 Å². The summed E-state index contributed by atoms with van der Waals surface area (Å²) in [5, 5.41) is 30.1. The number of phenols is 1. The predicted octanol–water partition coefficient (Wildman–Crippen LogP) is 2.39. The molecule has 0 spiro atoms. The minimum absolute atomic E-state index is 0.0520. The van der Waals surface area contributed by atoms with Crippen LogP contribution in [0, 0.1) is 5.92 Å². The molecule has 1 aromatic carbocycles. The Bertz CT molecular complexity index is 634. The van der Waals surface area contributed by atoms with Crippen molar-refractivity contribution in [1.82, 2.24) is 5.32 Å². The number of hydrogen-bond acceptors (Lipinski definition) is 5. The van der Waals surface area contributed by atoms with Crippen molar-refractivity contribution in [1.29, 1.82) is 0 Å². The van der Waals surface area contributed by atoms with Gasteiger partial charge in [-0.3, -0.25) is 4.79 Å². The zero-order valence-corrected chi connectivity index (χ0v) is 15.1. The monoisotopic (exact) mass is 367 g/mol. The number of benzene rings is 1. The SMILES string of the molecule is CC(C)(C)OC(=O)N[C@H](CCC(Cc1ccc(O)cc1)C(=O)O)C(=O)O. The number of rotatable bonds is 8. The molecule has 144 valence electrons. The number of aliphatic carboxylic acids is 2. The van der Waals surface area contributed by atoms with E-state index in [1.807, 2.05) is 0 Å². The van der Waals surface area contributed by atoms with Crippen LogP contribution in [-0.2, 0) is 20.7 Å². The molecule has 8 heteroatoms. The molecule has 0 aliphatic rings. The first-order valence-electron chi connectivity index (χ1n) is 8.21. The van der Waals surface area contributed by atoms with E-state index in [-0.39, 0.29) is 25.0 Å². The maximum Gasteiger partial charge on any atom is 0.408 e. The van der Waals surface area contributed by atoms with Crippen molar-refractivity contribution in [2.45, 2.75) is 51.7 Å². The summed E-state index contributed by atoms with van der Waals surface area (Å²) in [6.07, 6.45) is -0.670. The third-order valence-electron chi connectivity index (χ3n) is 3.56. The first-order chi connectivity index (χ1) is 12.0. The van der Waals surface area contributed by atoms with E-state index in [1.165, 1.54) is 12.1 Å². The van der Waals surface area contributed by atoms with Crippen LogP contribution in [-0.4, -0.2) is 45.0 Å². The van der Waals surface area contributed by atoms with Gasteiger partial charge in [0, 0.05) is 0 Å². The van der Waals surface area contributed by atoms with Crippen molar-refractivity contribution in [2.24, 2.45) is 5.92 Å². The molecule has 26 heavy (non-hydrogen) atoms. The summed E-state index contributed by atoms with van der Waals surface area (Å²) < 4.78 is 5.03. The maximum absolute atomic E-state index is 11.7. The Balaban J connectivity index is 2.68. The van der Waals surface area contributed by atoms with Crippen LogP contribution in [0.4, 0.5) is 4.79 Å². The van der Waals surface area contributed by atoms with Gasteiger partial charge in [-0.25, -0.2) is 9.59 Å². The average molecular weight is 367 g/mol. The van der Waals surface area contributed by atoms with Crippen molar-refractivity contribution in [2.75, 3.05) is 0 Å². The van der Waals surface area contributed by atoms with E-state index in [0.29, 0.717) is 5.56 Å². The van der Waals surface area contributed by atoms with Gasteiger partial charge in [0.15, 0.2) is 0 Å². The molecule has 0 radical (unpaired) electrons. The van der Waals surface area contributed by atoms with Crippen molar-refractivity contribution in [3.63, 3.8) is 0 Å². The third kappa shape index (κ3) is 7.87. The highest BCUT2D eigenvalue weighted by Crippen LogP contribution is 2.18. The van der Waals surface area contributed by atoms with Crippen molar-refractivity contribution in [3.05, 3.63) is 29.8 Å². The summed E-state index contributed by atoms with van der Waals surface area (Å²) >= 11 is 0. The Morgan fingerprint density at radius 2 is 1.62 bits per heavy atom. The summed E-state index contributed by atoms with van der Waals surface area (Å²) in [6.45, 7) is 4.96. The maximum atomic E-state index is 11.7. The minimum Gasteiger partial charge on any atom is -0.508 e. The van der Waals surface area contributed by atoms with Gasteiger partial charge in [-0.15, -0.1) is 0 Å². The Morgan fingerprint density at radius 1 is 1.04 bits per heavy atom. The molecule has 2 atom stereocenters. The molecule has 1 aromatic rings. The zero-order valence-electron chi connectivity index (χ0n) is 15.1. The lowest BCUT2D eigenvalue weighted by atomic mass is 9.93. The van der Waals surface area contributed by atoms with E-state index < -0.39 is 35.6 Å². The fraction of sp³-hybridized carbons (Fsp3) is 0.500. The van der Waals surface area contributed by atoms with Gasteiger partial charge in [0.2, 0.25) is 0 Å². The molecule has 4 N–H and O–H groups in total. The van der Waals surface area contributed by atoms with Gasteiger partial charge in [-0.1, -0.05) is 12.1 Å². The van der Waals surface area contributed by atoms with Gasteiger partial charge in [-0.2, -0.15) is 0 Å². The van der Waals surface area contributed by atoms with E-state index in [1.54, 1.807) is 32.9 Å². The second-order valence-electron chi connectivity index (χ2n) is 7.02. The van der Waals surface area contributed by atoms with Crippen LogP contribution >= 0.6 is 0 Å². The second-order valence-corrected chi connectivity index (χ2v) is 7.02. The first kappa shape index (κ1) is 21.3. The Morgan fingerprint density at radius 3 is 2.08 bits per heavy atom. The largest absolute Gasteiger partial charge is 0.508 e. The predicted molar refractivity (Wildman–Crippen MR) is 93.0 cm³/mol. The van der Waals surface area contributed by atoms with Crippen LogP contribution in [0.3, 0.4) is 0 Å². The first-order valence-corrected chi connectivity index (χ1v) is 8.21. The fourth-order valence-corrected chi connectivity index (χ4v) is 2.30. The van der Waals surface area contributed by atoms with Crippen LogP contribution in [0.15, 0.2) is 24.3 Å². The average Bonchev–Trinajstić information content (AvgIpc) is 2.49. The lowest BCUT2D eigenvalue weighted by Crippen LogP contribution is -2.43. The molecule has 0 saturated carbocycles. The Labute approximate surface area is 151 Å². The molecule has 8 nitrogen and oxygen atoms in total. The number of carboxylic acid groups (broad SMARTS) is 2. The molecule has 1 unspecified atom stereocenters. The van der Waals surface area contributed by atoms with Gasteiger partial charge >= 0.3 is 18.0 Å². The number of aromatic hydroxyl groups is 1. The number of carbonyl (C=O) groups excluding carboxylic acids is 1. The normalized spacial score (nSPS) is 13.5. The lowest BCUT2D eigenvalue weighted by Gasteiger charge is -2.22. The smallest absolute Gasteiger partial charge is 0.408 e. The molecule has 0 saturated heterocycles. The van der Waals surface area contributed by atoms with Gasteiger partial charge in [0.25, 0.3) is 0 Å². The fourth-order valence-electron chi connectivity index (χ4n) is 2.30. The summed E-state index contributed by atoms with van der Waals surface area (Å²) in [6, 6.07) is 4.89. The standard InChI is InChI=1S/C18H25NO7/c1-18(2,3)26-17(25)19-14(16(23)24)9-6-12(15(21)22)10-11-4-7-13(20)8-5-11/h4-5,7-8,12,14,20H,6,9-10H2,1-3H3,(H,19,25)(H,21,22)(H,23,24)/t12?,14-/m1/s1. The molecule has 0 aliphatic carbocycles. The molecule has 0 bridgehead atoms. The van der Waals surface area contributed by atoms with Crippen LogP contribution in [0.1, 0.15) is 39.2 Å². The molecule has 0 fully saturated rings. The van der Waals surface area contributed by atoms with Crippen molar-refractivity contribution in [3.8, 4) is 5.75 Å². The molecule has 0 aliphatic heterocycles. The number of alkyl carbamates (subject to hydrolysis) is 1. The van der Waals surface area contributed by atoms with Gasteiger partial charge in [0.05, 0.1) is 5.92 Å². The molecular formula is C18H25NO7. The van der Waals surface area contributed by atoms with E-state index in [2.05, 4.69) is 5.32 Å². The number of ether oxygens (including phenoxy) is 1. The molecule has 0 aromatic heterocycles. The molecule has 1 rings (SSSR count). The van der Waals surface area contributed by atoms with Crippen LogP contribution in [0.5, 0.6) is 5.75 Å². The number of phenolic OH excluding ortho intramolecular Hbond substituents is 1. The van der Waals surface area contributed by atoms with Gasteiger partial charge in [-0.05, 0) is 57.7 Å². The Hall–Kier alpha value is -2.77. The lowest BCUT2D eigenvalue weighted by molar-refractivity contribution is -0.143. The number of carbonyl (C=O) groups is 3. The topological polar surface area (TPSA) is 133 Å². The summed E-state index contributed by atoms with van der Waals surface area (Å²) in [5.74, 6) is -3.06. The summed E-state index contributed by atoms with van der Waals surface area (Å²) in [5.41, 5.74) is -0.0579. The van der Waals surface area contributed by atoms with Gasteiger partial charge < -0.3 is 25.4 Å². The second kappa shape index (κ2) is 9.07. The quantitative estimate of drug-likeness (QED) is 0.554. The highest BCUT2D eigenvalue weighted by Gasteiger charge is 2.26. The highest BCUT2D eigenvalue weighted by molar-refractivity contribution is 5.80. The number of amides is 1. The van der Waals surface area contributed by atoms with E-state index in [9.17, 15) is 29.7 Å². The van der Waals surface area contributed by atoms with E-state index >= 15 is 0 Å². The Kier molecular flexibility index (Phi) is 7.42. The number of hydrogen-bond donors (Lipinski definition) is 4. The summed E-state index contributed by atoms with van der Waals surface area (Å²) in [4.78, 5) is 34.5. The van der Waals surface area contributed by atoms with Crippen LogP contribution in [0.2, 0.25) is 0 Å². The third-order valence-corrected chi connectivity index (χ3v) is 3.56. The van der Waals surface area contributed by atoms with E-state index in [0.717, 1.165) is 0 Å². The molecule has 1 amide bonds. The minimum atomic E-state index is -1.26. The van der Waals surface area contributed by atoms with Gasteiger partial charge in [0.1, 0.15) is 17.4 Å². The number of nitrogens with one attached hydrogen (secondary N) is 1. The van der Waals surface area contributed by atoms with Crippen LogP contribution < -0.4 is 5.32 Å². The molecule has 0 heterocycles. The highest BCUT2D eigenvalue weighted by atomic mass is 16.6.